The molecule has 0 bridgehead atoms. The van der Waals surface area contributed by atoms with Crippen molar-refractivity contribution in [3.05, 3.63) is 53.1 Å². The molecule has 23 heavy (non-hydrogen) atoms. The number of rotatable bonds is 5. The summed E-state index contributed by atoms with van der Waals surface area (Å²) in [4.78, 5) is 0. The van der Waals surface area contributed by atoms with Crippen molar-refractivity contribution in [1.29, 1.82) is 0 Å². The quantitative estimate of drug-likeness (QED) is 0.920. The van der Waals surface area contributed by atoms with Gasteiger partial charge in [-0.05, 0) is 60.3 Å². The number of methoxy groups -OCH3 is 3. The summed E-state index contributed by atoms with van der Waals surface area (Å²) in [6.07, 6.45) is 1.95. The normalized spacial score (nSPS) is 16.6. The monoisotopic (exact) mass is 313 g/mol. The molecule has 0 aliphatic carbocycles. The summed E-state index contributed by atoms with van der Waals surface area (Å²) >= 11 is 0. The molecule has 0 saturated carbocycles. The number of benzene rings is 2. The van der Waals surface area contributed by atoms with Crippen LogP contribution in [0, 0.1) is 0 Å². The zero-order valence-corrected chi connectivity index (χ0v) is 13.9. The topological polar surface area (TPSA) is 39.7 Å². The molecule has 2 aromatic rings. The van der Waals surface area contributed by atoms with Crippen molar-refractivity contribution in [2.24, 2.45) is 0 Å². The molecular weight excluding hydrogens is 290 g/mol. The highest BCUT2D eigenvalue weighted by Gasteiger charge is 2.22. The highest BCUT2D eigenvalue weighted by molar-refractivity contribution is 5.49. The molecule has 1 atom stereocenters. The Hall–Kier alpha value is -2.20. The zero-order valence-electron chi connectivity index (χ0n) is 13.9. The first-order valence-electron chi connectivity index (χ1n) is 7.86. The molecule has 1 aliphatic heterocycles. The molecule has 1 heterocycles. The summed E-state index contributed by atoms with van der Waals surface area (Å²) in [5.41, 5.74) is 3.91. The molecule has 1 N–H and O–H groups in total. The number of fused-ring (bicyclic) bond motifs is 1. The third-order valence-electron chi connectivity index (χ3n) is 4.40. The van der Waals surface area contributed by atoms with Crippen molar-refractivity contribution in [1.82, 2.24) is 5.32 Å². The molecule has 0 unspecified atom stereocenters. The molecule has 0 saturated heterocycles. The average molecular weight is 313 g/mol. The van der Waals surface area contributed by atoms with Crippen LogP contribution in [0.3, 0.4) is 0 Å². The van der Waals surface area contributed by atoms with E-state index in [9.17, 15) is 0 Å². The number of hydrogen-bond acceptors (Lipinski definition) is 4. The van der Waals surface area contributed by atoms with Gasteiger partial charge in [0.1, 0.15) is 5.75 Å². The third kappa shape index (κ3) is 3.27. The molecule has 3 rings (SSSR count). The Morgan fingerprint density at radius 1 is 0.957 bits per heavy atom. The second-order valence-electron chi connectivity index (χ2n) is 5.71. The lowest BCUT2D eigenvalue weighted by Gasteiger charge is -2.28. The van der Waals surface area contributed by atoms with E-state index in [0.29, 0.717) is 0 Å². The summed E-state index contributed by atoms with van der Waals surface area (Å²) in [6, 6.07) is 12.8. The van der Waals surface area contributed by atoms with E-state index in [0.717, 1.165) is 36.6 Å². The third-order valence-corrected chi connectivity index (χ3v) is 4.40. The zero-order chi connectivity index (χ0) is 16.2. The van der Waals surface area contributed by atoms with E-state index < -0.39 is 0 Å². The van der Waals surface area contributed by atoms with Gasteiger partial charge in [0.15, 0.2) is 11.5 Å². The molecular formula is C19H23NO3. The van der Waals surface area contributed by atoms with Gasteiger partial charge >= 0.3 is 0 Å². The Kier molecular flexibility index (Phi) is 4.72. The minimum atomic E-state index is 0.284. The van der Waals surface area contributed by atoms with Crippen LogP contribution in [0.15, 0.2) is 36.4 Å². The van der Waals surface area contributed by atoms with Gasteiger partial charge in [0.2, 0.25) is 0 Å². The van der Waals surface area contributed by atoms with Crippen LogP contribution in [0.25, 0.3) is 0 Å². The molecule has 0 amide bonds. The SMILES string of the molecule is COc1ccc(C[C@H]2NCCc3cc(OC)c(OC)cc32)cc1. The van der Waals surface area contributed by atoms with E-state index in [4.69, 9.17) is 14.2 Å². The van der Waals surface area contributed by atoms with Crippen molar-refractivity contribution in [3.8, 4) is 17.2 Å². The highest BCUT2D eigenvalue weighted by Crippen LogP contribution is 2.36. The van der Waals surface area contributed by atoms with Crippen molar-refractivity contribution in [3.63, 3.8) is 0 Å². The maximum absolute atomic E-state index is 5.46. The predicted octanol–water partition coefficient (Wildman–Crippen LogP) is 3.14. The minimum Gasteiger partial charge on any atom is -0.497 e. The Morgan fingerprint density at radius 2 is 1.65 bits per heavy atom. The fourth-order valence-electron chi connectivity index (χ4n) is 3.15. The van der Waals surface area contributed by atoms with Crippen molar-refractivity contribution >= 4 is 0 Å². The van der Waals surface area contributed by atoms with Crippen molar-refractivity contribution in [2.75, 3.05) is 27.9 Å². The number of ether oxygens (including phenoxy) is 3. The smallest absolute Gasteiger partial charge is 0.161 e. The van der Waals surface area contributed by atoms with E-state index >= 15 is 0 Å². The maximum atomic E-state index is 5.46. The molecule has 0 aromatic heterocycles. The number of hydrogen-bond donors (Lipinski definition) is 1. The lowest BCUT2D eigenvalue weighted by Crippen LogP contribution is -2.31. The second kappa shape index (κ2) is 6.92. The molecule has 1 aliphatic rings. The Bertz CT molecular complexity index is 667. The lowest BCUT2D eigenvalue weighted by atomic mass is 9.90. The Balaban J connectivity index is 1.88. The minimum absolute atomic E-state index is 0.284. The molecule has 0 spiro atoms. The summed E-state index contributed by atoms with van der Waals surface area (Å²) in [6.45, 7) is 0.976. The first-order chi connectivity index (χ1) is 11.2. The van der Waals surface area contributed by atoms with Gasteiger partial charge < -0.3 is 19.5 Å². The summed E-state index contributed by atoms with van der Waals surface area (Å²) in [5, 5.41) is 3.61. The highest BCUT2D eigenvalue weighted by atomic mass is 16.5. The van der Waals surface area contributed by atoms with Crippen LogP contribution in [0.5, 0.6) is 17.2 Å². The average Bonchev–Trinajstić information content (AvgIpc) is 2.61. The largest absolute Gasteiger partial charge is 0.497 e. The van der Waals surface area contributed by atoms with E-state index in [-0.39, 0.29) is 6.04 Å². The van der Waals surface area contributed by atoms with Crippen LogP contribution in [0.2, 0.25) is 0 Å². The van der Waals surface area contributed by atoms with Gasteiger partial charge in [-0.3, -0.25) is 0 Å². The first-order valence-corrected chi connectivity index (χ1v) is 7.86. The standard InChI is InChI=1S/C19H23NO3/c1-21-15-6-4-13(5-7-15)10-17-16-12-19(23-3)18(22-2)11-14(16)8-9-20-17/h4-7,11-12,17,20H,8-10H2,1-3H3/t17-/m1/s1. The van der Waals surface area contributed by atoms with Gasteiger partial charge in [-0.1, -0.05) is 12.1 Å². The number of nitrogens with one attached hydrogen (secondary N) is 1. The van der Waals surface area contributed by atoms with E-state index in [1.807, 2.05) is 12.1 Å². The fourth-order valence-corrected chi connectivity index (χ4v) is 3.15. The van der Waals surface area contributed by atoms with Crippen molar-refractivity contribution in [2.45, 2.75) is 18.9 Å². The molecule has 2 aromatic carbocycles. The fraction of sp³-hybridized carbons (Fsp3) is 0.368. The van der Waals surface area contributed by atoms with E-state index in [1.165, 1.54) is 16.7 Å². The molecule has 4 heteroatoms. The van der Waals surface area contributed by atoms with Crippen LogP contribution >= 0.6 is 0 Å². The first kappa shape index (κ1) is 15.7. The summed E-state index contributed by atoms with van der Waals surface area (Å²) in [7, 11) is 5.05. The summed E-state index contributed by atoms with van der Waals surface area (Å²) in [5.74, 6) is 2.48. The van der Waals surface area contributed by atoms with Gasteiger partial charge in [-0.15, -0.1) is 0 Å². The van der Waals surface area contributed by atoms with Gasteiger partial charge in [0.25, 0.3) is 0 Å². The van der Waals surface area contributed by atoms with Crippen LogP contribution in [0.4, 0.5) is 0 Å². The molecule has 122 valence electrons. The van der Waals surface area contributed by atoms with Crippen LogP contribution in [0.1, 0.15) is 22.7 Å². The van der Waals surface area contributed by atoms with Gasteiger partial charge in [0, 0.05) is 6.04 Å². The van der Waals surface area contributed by atoms with E-state index in [2.05, 4.69) is 29.6 Å². The van der Waals surface area contributed by atoms with Crippen LogP contribution < -0.4 is 19.5 Å². The predicted molar refractivity (Wildman–Crippen MR) is 90.7 cm³/mol. The van der Waals surface area contributed by atoms with Crippen molar-refractivity contribution < 1.29 is 14.2 Å². The molecule has 0 fully saturated rings. The lowest BCUT2D eigenvalue weighted by molar-refractivity contribution is 0.352. The van der Waals surface area contributed by atoms with Crippen LogP contribution in [-0.4, -0.2) is 27.9 Å². The second-order valence-corrected chi connectivity index (χ2v) is 5.71. The Morgan fingerprint density at radius 3 is 2.30 bits per heavy atom. The van der Waals surface area contributed by atoms with Crippen LogP contribution in [-0.2, 0) is 12.8 Å². The molecule has 0 radical (unpaired) electrons. The van der Waals surface area contributed by atoms with Gasteiger partial charge in [0.05, 0.1) is 21.3 Å². The Labute approximate surface area is 137 Å². The molecule has 4 nitrogen and oxygen atoms in total. The van der Waals surface area contributed by atoms with Gasteiger partial charge in [-0.25, -0.2) is 0 Å². The van der Waals surface area contributed by atoms with E-state index in [1.54, 1.807) is 21.3 Å². The maximum Gasteiger partial charge on any atom is 0.161 e. The summed E-state index contributed by atoms with van der Waals surface area (Å²) < 4.78 is 16.1. The van der Waals surface area contributed by atoms with Gasteiger partial charge in [-0.2, -0.15) is 0 Å².